The first-order chi connectivity index (χ1) is 9.49. The minimum atomic E-state index is -3.60. The van der Waals surface area contributed by atoms with Crippen molar-refractivity contribution in [3.8, 4) is 0 Å². The molecule has 2 aromatic rings. The molecular formula is C14H14BrNO3S. The van der Waals surface area contributed by atoms with Crippen molar-refractivity contribution in [2.75, 3.05) is 0 Å². The monoisotopic (exact) mass is 355 g/mol. The van der Waals surface area contributed by atoms with Gasteiger partial charge in [0.25, 0.3) is 0 Å². The van der Waals surface area contributed by atoms with Crippen molar-refractivity contribution in [2.45, 2.75) is 17.4 Å². The maximum Gasteiger partial charge on any atom is 0.241 e. The maximum absolute atomic E-state index is 12.3. The molecule has 0 bridgehead atoms. The van der Waals surface area contributed by atoms with Gasteiger partial charge in [-0.1, -0.05) is 40.7 Å². The quantitative estimate of drug-likeness (QED) is 0.860. The van der Waals surface area contributed by atoms with E-state index in [1.807, 2.05) is 0 Å². The zero-order valence-electron chi connectivity index (χ0n) is 10.6. The van der Waals surface area contributed by atoms with E-state index in [0.717, 1.165) is 0 Å². The SMILES string of the molecule is C=C(Br)CC(NS(=O)(=O)c1ccccc1)c1ccco1. The molecule has 0 aliphatic heterocycles. The summed E-state index contributed by atoms with van der Waals surface area (Å²) in [7, 11) is -3.60. The number of hydrogen-bond acceptors (Lipinski definition) is 3. The molecule has 1 unspecified atom stereocenters. The van der Waals surface area contributed by atoms with Crippen LogP contribution in [-0.4, -0.2) is 8.42 Å². The molecule has 106 valence electrons. The van der Waals surface area contributed by atoms with Crippen molar-refractivity contribution in [1.82, 2.24) is 4.72 Å². The van der Waals surface area contributed by atoms with Crippen LogP contribution >= 0.6 is 15.9 Å². The fraction of sp³-hybridized carbons (Fsp3) is 0.143. The largest absolute Gasteiger partial charge is 0.468 e. The Bertz CT molecular complexity index is 666. The van der Waals surface area contributed by atoms with Gasteiger partial charge in [0, 0.05) is 6.42 Å². The van der Waals surface area contributed by atoms with Crippen molar-refractivity contribution < 1.29 is 12.8 Å². The summed E-state index contributed by atoms with van der Waals surface area (Å²) >= 11 is 3.25. The van der Waals surface area contributed by atoms with E-state index in [4.69, 9.17) is 4.42 Å². The van der Waals surface area contributed by atoms with Gasteiger partial charge in [0.05, 0.1) is 17.2 Å². The second-order valence-corrected chi connectivity index (χ2v) is 7.06. The maximum atomic E-state index is 12.3. The van der Waals surface area contributed by atoms with Gasteiger partial charge in [0.1, 0.15) is 5.76 Å². The van der Waals surface area contributed by atoms with Crippen LogP contribution in [-0.2, 0) is 10.0 Å². The minimum absolute atomic E-state index is 0.219. The predicted octanol–water partition coefficient (Wildman–Crippen LogP) is 3.60. The Labute approximate surface area is 126 Å². The standard InChI is InChI=1S/C14H14BrNO3S/c1-11(15)10-13(14-8-5-9-19-14)16-20(17,18)12-6-3-2-4-7-12/h2-9,13,16H,1,10H2. The van der Waals surface area contributed by atoms with E-state index in [9.17, 15) is 8.42 Å². The van der Waals surface area contributed by atoms with Gasteiger partial charge < -0.3 is 4.42 Å². The van der Waals surface area contributed by atoms with Crippen molar-refractivity contribution in [3.05, 3.63) is 65.5 Å². The van der Waals surface area contributed by atoms with Gasteiger partial charge in [-0.05, 0) is 28.7 Å². The van der Waals surface area contributed by atoms with E-state index in [1.165, 1.54) is 6.26 Å². The van der Waals surface area contributed by atoms with Crippen LogP contribution in [0.1, 0.15) is 18.2 Å². The third-order valence-electron chi connectivity index (χ3n) is 2.66. The summed E-state index contributed by atoms with van der Waals surface area (Å²) in [6.45, 7) is 3.75. The fourth-order valence-corrected chi connectivity index (χ4v) is 3.32. The lowest BCUT2D eigenvalue weighted by molar-refractivity contribution is 0.444. The van der Waals surface area contributed by atoms with E-state index in [-0.39, 0.29) is 4.90 Å². The minimum Gasteiger partial charge on any atom is -0.468 e. The molecule has 0 saturated carbocycles. The molecule has 1 N–H and O–H groups in total. The summed E-state index contributed by atoms with van der Waals surface area (Å²) in [5.74, 6) is 0.546. The Morgan fingerprint density at radius 2 is 1.95 bits per heavy atom. The molecule has 0 amide bonds. The zero-order chi connectivity index (χ0) is 14.6. The Kier molecular flexibility index (Phi) is 4.80. The summed E-state index contributed by atoms with van der Waals surface area (Å²) in [5, 5.41) is 0. The Balaban J connectivity index is 2.26. The van der Waals surface area contributed by atoms with Crippen molar-refractivity contribution in [3.63, 3.8) is 0 Å². The van der Waals surface area contributed by atoms with Crippen LogP contribution in [0.2, 0.25) is 0 Å². The van der Waals surface area contributed by atoms with E-state index in [2.05, 4.69) is 27.2 Å². The lowest BCUT2D eigenvalue weighted by Gasteiger charge is -2.16. The second-order valence-electron chi connectivity index (χ2n) is 4.22. The first-order valence-electron chi connectivity index (χ1n) is 5.93. The number of benzene rings is 1. The van der Waals surface area contributed by atoms with E-state index in [1.54, 1.807) is 42.5 Å². The molecule has 6 heteroatoms. The van der Waals surface area contributed by atoms with Gasteiger partial charge in [-0.3, -0.25) is 0 Å². The highest BCUT2D eigenvalue weighted by Gasteiger charge is 2.23. The zero-order valence-corrected chi connectivity index (χ0v) is 13.0. The number of nitrogens with one attached hydrogen (secondary N) is 1. The molecule has 1 heterocycles. The molecule has 0 fully saturated rings. The summed E-state index contributed by atoms with van der Waals surface area (Å²) in [6, 6.07) is 11.2. The smallest absolute Gasteiger partial charge is 0.241 e. The third kappa shape index (κ3) is 3.82. The van der Waals surface area contributed by atoms with Crippen LogP contribution in [0, 0.1) is 0 Å². The number of rotatable bonds is 6. The molecule has 1 aromatic heterocycles. The Morgan fingerprint density at radius 3 is 2.50 bits per heavy atom. The lowest BCUT2D eigenvalue weighted by Crippen LogP contribution is -2.28. The van der Waals surface area contributed by atoms with Gasteiger partial charge in [0.15, 0.2) is 0 Å². The highest BCUT2D eigenvalue weighted by Crippen LogP contribution is 2.25. The van der Waals surface area contributed by atoms with Crippen molar-refractivity contribution in [2.24, 2.45) is 0 Å². The Hall–Kier alpha value is -1.37. The average Bonchev–Trinajstić information content (AvgIpc) is 2.92. The first-order valence-corrected chi connectivity index (χ1v) is 8.21. The van der Waals surface area contributed by atoms with Crippen molar-refractivity contribution >= 4 is 26.0 Å². The highest BCUT2D eigenvalue weighted by molar-refractivity contribution is 9.11. The molecule has 1 atom stereocenters. The Morgan fingerprint density at radius 1 is 1.25 bits per heavy atom. The third-order valence-corrected chi connectivity index (χ3v) is 4.47. The normalized spacial score (nSPS) is 13.1. The molecule has 0 radical (unpaired) electrons. The summed E-state index contributed by atoms with van der Waals surface area (Å²) < 4.78 is 33.3. The predicted molar refractivity (Wildman–Crippen MR) is 80.9 cm³/mol. The number of hydrogen-bond donors (Lipinski definition) is 1. The van der Waals surface area contributed by atoms with E-state index >= 15 is 0 Å². The molecule has 0 spiro atoms. The van der Waals surface area contributed by atoms with E-state index < -0.39 is 16.1 Å². The fourth-order valence-electron chi connectivity index (χ4n) is 1.77. The first kappa shape index (κ1) is 15.0. The lowest BCUT2D eigenvalue weighted by atomic mass is 10.2. The topological polar surface area (TPSA) is 59.3 Å². The van der Waals surface area contributed by atoms with Gasteiger partial charge >= 0.3 is 0 Å². The van der Waals surface area contributed by atoms with Crippen LogP contribution in [0.4, 0.5) is 0 Å². The summed E-state index contributed by atoms with van der Waals surface area (Å²) in [6.07, 6.45) is 1.91. The highest BCUT2D eigenvalue weighted by atomic mass is 79.9. The van der Waals surface area contributed by atoms with Crippen LogP contribution in [0.25, 0.3) is 0 Å². The average molecular weight is 356 g/mol. The van der Waals surface area contributed by atoms with Crippen molar-refractivity contribution in [1.29, 1.82) is 0 Å². The molecule has 0 aliphatic rings. The number of sulfonamides is 1. The number of furan rings is 1. The second kappa shape index (κ2) is 6.39. The molecule has 20 heavy (non-hydrogen) atoms. The molecule has 0 saturated heterocycles. The van der Waals surface area contributed by atoms with E-state index in [0.29, 0.717) is 16.7 Å². The van der Waals surface area contributed by atoms with Crippen LogP contribution in [0.5, 0.6) is 0 Å². The molecule has 1 aromatic carbocycles. The van der Waals surface area contributed by atoms with Gasteiger partial charge in [-0.15, -0.1) is 0 Å². The summed E-state index contributed by atoms with van der Waals surface area (Å²) in [4.78, 5) is 0.219. The van der Waals surface area contributed by atoms with Crippen LogP contribution in [0.15, 0.2) is 69.1 Å². The molecule has 4 nitrogen and oxygen atoms in total. The molecular weight excluding hydrogens is 342 g/mol. The van der Waals surface area contributed by atoms with Crippen LogP contribution < -0.4 is 4.72 Å². The molecule has 2 rings (SSSR count). The molecule has 0 aliphatic carbocycles. The summed E-state index contributed by atoms with van der Waals surface area (Å²) in [5.41, 5.74) is 0. The number of halogens is 1. The van der Waals surface area contributed by atoms with Gasteiger partial charge in [0.2, 0.25) is 10.0 Å². The van der Waals surface area contributed by atoms with Crippen LogP contribution in [0.3, 0.4) is 0 Å². The van der Waals surface area contributed by atoms with Gasteiger partial charge in [-0.2, -0.15) is 0 Å². The van der Waals surface area contributed by atoms with Gasteiger partial charge in [-0.25, -0.2) is 13.1 Å².